The average molecular weight is 420 g/mol. The van der Waals surface area contributed by atoms with Crippen LogP contribution in [0.25, 0.3) is 0 Å². The van der Waals surface area contributed by atoms with Crippen molar-refractivity contribution in [2.45, 2.75) is 63.5 Å². The van der Waals surface area contributed by atoms with Crippen molar-refractivity contribution in [1.29, 1.82) is 0 Å². The van der Waals surface area contributed by atoms with E-state index in [2.05, 4.69) is 17.6 Å². The van der Waals surface area contributed by atoms with Crippen molar-refractivity contribution in [3.8, 4) is 5.75 Å². The average Bonchev–Trinajstić information content (AvgIpc) is 2.73. The minimum Gasteiger partial charge on any atom is -0.497 e. The second-order valence-corrected chi connectivity index (χ2v) is 8.99. The van der Waals surface area contributed by atoms with Gasteiger partial charge >= 0.3 is 0 Å². The van der Waals surface area contributed by atoms with Crippen molar-refractivity contribution >= 4 is 11.8 Å². The molecule has 30 heavy (non-hydrogen) atoms. The monoisotopic (exact) mass is 419 g/mol. The Morgan fingerprint density at radius 3 is 2.50 bits per heavy atom. The number of benzene rings is 1. The Kier molecular flexibility index (Phi) is 7.34. The first-order chi connectivity index (χ1) is 14.3. The number of methoxy groups -OCH3 is 1. The molecule has 1 aromatic carbocycles. The Bertz CT molecular complexity index is 758. The van der Waals surface area contributed by atoms with E-state index in [0.717, 1.165) is 38.5 Å². The summed E-state index contributed by atoms with van der Waals surface area (Å²) in [5.41, 5.74) is 0.310. The first-order valence-corrected chi connectivity index (χ1v) is 10.9. The lowest BCUT2D eigenvalue weighted by Gasteiger charge is -2.46. The summed E-state index contributed by atoms with van der Waals surface area (Å²) in [7, 11) is 3.36. The fourth-order valence-corrected chi connectivity index (χ4v) is 4.40. The van der Waals surface area contributed by atoms with Gasteiger partial charge in [-0.05, 0) is 69.9 Å². The molecule has 2 fully saturated rings. The lowest BCUT2D eigenvalue weighted by molar-refractivity contribution is -0.137. The summed E-state index contributed by atoms with van der Waals surface area (Å²) in [4.78, 5) is 26.7. The predicted octanol–water partition coefficient (Wildman–Crippen LogP) is 3.11. The maximum absolute atomic E-state index is 13.6. The Morgan fingerprint density at radius 2 is 1.90 bits per heavy atom. The van der Waals surface area contributed by atoms with Crippen LogP contribution in [-0.4, -0.2) is 55.5 Å². The second-order valence-electron chi connectivity index (χ2n) is 8.99. The third kappa shape index (κ3) is 5.50. The van der Waals surface area contributed by atoms with E-state index >= 15 is 0 Å². The Balaban J connectivity index is 1.37. The van der Waals surface area contributed by atoms with Crippen LogP contribution in [0.4, 0.5) is 4.39 Å². The van der Waals surface area contributed by atoms with Crippen molar-refractivity contribution in [2.75, 3.05) is 27.2 Å². The van der Waals surface area contributed by atoms with E-state index in [1.165, 1.54) is 31.7 Å². The zero-order valence-electron chi connectivity index (χ0n) is 18.3. The fourth-order valence-electron chi connectivity index (χ4n) is 4.40. The number of carbonyl (C=O) groups is 2. The molecule has 2 N–H and O–H groups in total. The van der Waals surface area contributed by atoms with Crippen molar-refractivity contribution in [3.63, 3.8) is 0 Å². The first kappa shape index (κ1) is 22.5. The largest absolute Gasteiger partial charge is 0.497 e. The van der Waals surface area contributed by atoms with Gasteiger partial charge in [0.2, 0.25) is 5.91 Å². The maximum atomic E-state index is 13.6. The van der Waals surface area contributed by atoms with E-state index in [4.69, 9.17) is 4.74 Å². The van der Waals surface area contributed by atoms with Gasteiger partial charge in [-0.2, -0.15) is 0 Å². The standard InChI is InChI=1S/C23H34FN3O3/c1-23(9-4-10-23)27(2)21(28)15-25-19-7-5-16(6-8-19)14-26-22(29)17-11-18(24)13-20(12-17)30-3/h11-13,16,19,25H,4-10,14-15H2,1-3H3,(H,26,29)/t16-,19-. The summed E-state index contributed by atoms with van der Waals surface area (Å²) in [5, 5.41) is 6.33. The second kappa shape index (κ2) is 9.77. The van der Waals surface area contributed by atoms with Crippen LogP contribution in [0, 0.1) is 11.7 Å². The Morgan fingerprint density at radius 1 is 1.20 bits per heavy atom. The van der Waals surface area contributed by atoms with Gasteiger partial charge in [-0.15, -0.1) is 0 Å². The summed E-state index contributed by atoms with van der Waals surface area (Å²) in [6.07, 6.45) is 7.35. The quantitative estimate of drug-likeness (QED) is 0.679. The molecule has 3 rings (SSSR count). The third-order valence-corrected chi connectivity index (χ3v) is 6.92. The molecule has 0 saturated heterocycles. The number of halogens is 1. The van der Waals surface area contributed by atoms with E-state index in [1.807, 2.05) is 11.9 Å². The number of hydrogen-bond acceptors (Lipinski definition) is 4. The van der Waals surface area contributed by atoms with Crippen molar-refractivity contribution < 1.29 is 18.7 Å². The molecule has 0 aliphatic heterocycles. The first-order valence-electron chi connectivity index (χ1n) is 10.9. The number of nitrogens with zero attached hydrogens (tertiary/aromatic N) is 1. The highest BCUT2D eigenvalue weighted by Gasteiger charge is 2.38. The molecule has 2 aliphatic rings. The molecular formula is C23H34FN3O3. The van der Waals surface area contributed by atoms with Crippen LogP contribution in [0.15, 0.2) is 18.2 Å². The topological polar surface area (TPSA) is 70.7 Å². The highest BCUT2D eigenvalue weighted by molar-refractivity contribution is 5.94. The summed E-state index contributed by atoms with van der Waals surface area (Å²) in [6, 6.07) is 4.35. The predicted molar refractivity (Wildman–Crippen MR) is 114 cm³/mol. The summed E-state index contributed by atoms with van der Waals surface area (Å²) >= 11 is 0. The van der Waals surface area contributed by atoms with E-state index in [0.29, 0.717) is 30.8 Å². The SMILES string of the molecule is COc1cc(F)cc(C(=O)NC[C@H]2CC[C@H](NCC(=O)N(C)C3(C)CCC3)CC2)c1. The molecular weight excluding hydrogens is 385 g/mol. The molecule has 2 aliphatic carbocycles. The smallest absolute Gasteiger partial charge is 0.251 e. The van der Waals surface area contributed by atoms with Crippen LogP contribution in [0.2, 0.25) is 0 Å². The van der Waals surface area contributed by atoms with Crippen LogP contribution in [0.3, 0.4) is 0 Å². The van der Waals surface area contributed by atoms with Gasteiger partial charge in [0, 0.05) is 36.8 Å². The van der Waals surface area contributed by atoms with Gasteiger partial charge < -0.3 is 20.3 Å². The molecule has 0 unspecified atom stereocenters. The van der Waals surface area contributed by atoms with E-state index in [9.17, 15) is 14.0 Å². The van der Waals surface area contributed by atoms with Crippen LogP contribution in [0.1, 0.15) is 62.2 Å². The van der Waals surface area contributed by atoms with Crippen LogP contribution >= 0.6 is 0 Å². The zero-order chi connectivity index (χ0) is 21.7. The summed E-state index contributed by atoms with van der Waals surface area (Å²) in [5.74, 6) is 0.119. The molecule has 0 aromatic heterocycles. The van der Waals surface area contributed by atoms with Gasteiger partial charge in [0.05, 0.1) is 13.7 Å². The molecule has 0 spiro atoms. The normalized spacial score (nSPS) is 22.7. The van der Waals surface area contributed by atoms with Gasteiger partial charge in [-0.25, -0.2) is 4.39 Å². The van der Waals surface area contributed by atoms with Crippen molar-refractivity contribution in [1.82, 2.24) is 15.5 Å². The van der Waals surface area contributed by atoms with E-state index in [1.54, 1.807) is 0 Å². The van der Waals surface area contributed by atoms with Gasteiger partial charge in [-0.3, -0.25) is 9.59 Å². The van der Waals surface area contributed by atoms with Crippen LogP contribution in [0.5, 0.6) is 5.75 Å². The van der Waals surface area contributed by atoms with Gasteiger partial charge in [0.25, 0.3) is 5.91 Å². The summed E-state index contributed by atoms with van der Waals surface area (Å²) < 4.78 is 18.6. The summed E-state index contributed by atoms with van der Waals surface area (Å²) in [6.45, 7) is 3.12. The van der Waals surface area contributed by atoms with Crippen molar-refractivity contribution in [3.05, 3.63) is 29.6 Å². The Labute approximate surface area is 178 Å². The molecule has 2 amide bonds. The highest BCUT2D eigenvalue weighted by atomic mass is 19.1. The number of rotatable bonds is 8. The molecule has 0 heterocycles. The molecule has 0 radical (unpaired) electrons. The molecule has 1 aromatic rings. The number of amides is 2. The van der Waals surface area contributed by atoms with Crippen LogP contribution < -0.4 is 15.4 Å². The van der Waals surface area contributed by atoms with Gasteiger partial charge in [0.1, 0.15) is 11.6 Å². The molecule has 2 saturated carbocycles. The van der Waals surface area contributed by atoms with Gasteiger partial charge in [0.15, 0.2) is 0 Å². The number of ether oxygens (including phenoxy) is 1. The number of nitrogens with one attached hydrogen (secondary N) is 2. The highest BCUT2D eigenvalue weighted by Crippen LogP contribution is 2.36. The molecule has 7 heteroatoms. The lowest BCUT2D eigenvalue weighted by atomic mass is 9.77. The molecule has 6 nitrogen and oxygen atoms in total. The maximum Gasteiger partial charge on any atom is 0.251 e. The minimum absolute atomic E-state index is 0.0420. The van der Waals surface area contributed by atoms with E-state index < -0.39 is 5.82 Å². The lowest BCUT2D eigenvalue weighted by Crippen LogP contribution is -2.54. The minimum atomic E-state index is -0.488. The van der Waals surface area contributed by atoms with Gasteiger partial charge in [-0.1, -0.05) is 0 Å². The number of hydrogen-bond donors (Lipinski definition) is 2. The zero-order valence-corrected chi connectivity index (χ0v) is 18.3. The molecule has 166 valence electrons. The Hall–Kier alpha value is -2.15. The third-order valence-electron chi connectivity index (χ3n) is 6.92. The molecule has 0 atom stereocenters. The van der Waals surface area contributed by atoms with Crippen LogP contribution in [-0.2, 0) is 4.79 Å². The fraction of sp³-hybridized carbons (Fsp3) is 0.652. The number of carbonyl (C=O) groups excluding carboxylic acids is 2. The van der Waals surface area contributed by atoms with Crippen molar-refractivity contribution in [2.24, 2.45) is 5.92 Å². The number of likely N-dealkylation sites (N-methyl/N-ethyl adjacent to an activating group) is 1. The van der Waals surface area contributed by atoms with E-state index in [-0.39, 0.29) is 22.9 Å². The molecule has 0 bridgehead atoms.